The van der Waals surface area contributed by atoms with Crippen LogP contribution in [0, 0.1) is 5.92 Å². The van der Waals surface area contributed by atoms with Crippen LogP contribution in [-0.4, -0.2) is 33.7 Å². The van der Waals surface area contributed by atoms with Crippen molar-refractivity contribution in [3.05, 3.63) is 34.9 Å². The zero-order valence-corrected chi connectivity index (χ0v) is 14.3. The molecule has 3 atom stereocenters. The number of esters is 1. The highest BCUT2D eigenvalue weighted by atomic mass is 35.5. The maximum Gasteiger partial charge on any atom is 0.302 e. The van der Waals surface area contributed by atoms with Crippen LogP contribution in [0.5, 0.6) is 0 Å². The van der Waals surface area contributed by atoms with E-state index < -0.39 is 34.6 Å². The van der Waals surface area contributed by atoms with Gasteiger partial charge in [0, 0.05) is 12.5 Å². The Labute approximate surface area is 147 Å². The van der Waals surface area contributed by atoms with Crippen molar-refractivity contribution in [3.8, 4) is 0 Å². The van der Waals surface area contributed by atoms with Crippen LogP contribution in [0.4, 0.5) is 0 Å². The second-order valence-corrected chi connectivity index (χ2v) is 7.45. The molecule has 1 aliphatic heterocycles. The Morgan fingerprint density at radius 1 is 1.33 bits per heavy atom. The SMILES string of the molecule is CC(=O)OC1CCC2(SC(=O)c3ccccc3Cl)C(=O)NC(=O)C12. The molecule has 0 bridgehead atoms. The summed E-state index contributed by atoms with van der Waals surface area (Å²) >= 11 is 6.82. The van der Waals surface area contributed by atoms with Gasteiger partial charge in [-0.15, -0.1) is 0 Å². The lowest BCUT2D eigenvalue weighted by Crippen LogP contribution is -2.39. The van der Waals surface area contributed by atoms with Crippen LogP contribution < -0.4 is 5.32 Å². The number of imide groups is 1. The molecule has 0 spiro atoms. The van der Waals surface area contributed by atoms with Crippen molar-refractivity contribution in [2.24, 2.45) is 5.92 Å². The number of fused-ring (bicyclic) bond motifs is 1. The molecule has 2 fully saturated rings. The predicted octanol–water partition coefficient (Wildman–Crippen LogP) is 1.95. The third kappa shape index (κ3) is 2.71. The first kappa shape index (κ1) is 17.0. The van der Waals surface area contributed by atoms with E-state index in [0.717, 1.165) is 11.8 Å². The van der Waals surface area contributed by atoms with Crippen LogP contribution >= 0.6 is 23.4 Å². The van der Waals surface area contributed by atoms with E-state index in [-0.39, 0.29) is 22.1 Å². The fourth-order valence-electron chi connectivity index (χ4n) is 3.26. The third-order valence-corrected chi connectivity index (χ3v) is 6.01. The summed E-state index contributed by atoms with van der Waals surface area (Å²) in [7, 11) is 0. The summed E-state index contributed by atoms with van der Waals surface area (Å²) in [5.74, 6) is -2.42. The van der Waals surface area contributed by atoms with Gasteiger partial charge in [0.05, 0.1) is 10.9 Å². The minimum atomic E-state index is -1.26. The zero-order valence-electron chi connectivity index (χ0n) is 12.7. The molecule has 3 rings (SSSR count). The van der Waals surface area contributed by atoms with Crippen LogP contribution in [0.3, 0.4) is 0 Å². The van der Waals surface area contributed by atoms with E-state index in [1.807, 2.05) is 0 Å². The topological polar surface area (TPSA) is 89.5 Å². The van der Waals surface area contributed by atoms with Gasteiger partial charge in [-0.1, -0.05) is 35.5 Å². The summed E-state index contributed by atoms with van der Waals surface area (Å²) in [4.78, 5) is 48.4. The number of nitrogens with one attached hydrogen (secondary N) is 1. The van der Waals surface area contributed by atoms with Gasteiger partial charge in [0.15, 0.2) is 0 Å². The Bertz CT molecular complexity index is 752. The number of hydrogen-bond acceptors (Lipinski definition) is 6. The molecule has 1 N–H and O–H groups in total. The van der Waals surface area contributed by atoms with Crippen LogP contribution in [0.25, 0.3) is 0 Å². The van der Waals surface area contributed by atoms with Gasteiger partial charge in [-0.2, -0.15) is 0 Å². The van der Waals surface area contributed by atoms with Crippen molar-refractivity contribution in [2.45, 2.75) is 30.6 Å². The van der Waals surface area contributed by atoms with Crippen molar-refractivity contribution in [3.63, 3.8) is 0 Å². The van der Waals surface area contributed by atoms with E-state index in [1.165, 1.54) is 6.92 Å². The summed E-state index contributed by atoms with van der Waals surface area (Å²) in [6.45, 7) is 1.25. The predicted molar refractivity (Wildman–Crippen MR) is 87.5 cm³/mol. The average molecular weight is 368 g/mol. The van der Waals surface area contributed by atoms with Gasteiger partial charge in [-0.05, 0) is 25.0 Å². The summed E-state index contributed by atoms with van der Waals surface area (Å²) in [6, 6.07) is 6.52. The molecule has 2 amide bonds. The molecule has 0 aromatic heterocycles. The number of hydrogen-bond donors (Lipinski definition) is 1. The number of thioether (sulfide) groups is 1. The minimum absolute atomic E-state index is 0.272. The molecular formula is C16H14ClNO5S. The van der Waals surface area contributed by atoms with Gasteiger partial charge in [-0.3, -0.25) is 24.5 Å². The highest BCUT2D eigenvalue weighted by Gasteiger charge is 2.64. The first-order chi connectivity index (χ1) is 11.3. The fraction of sp³-hybridized carbons (Fsp3) is 0.375. The van der Waals surface area contributed by atoms with E-state index in [4.69, 9.17) is 16.3 Å². The first-order valence-electron chi connectivity index (χ1n) is 7.35. The van der Waals surface area contributed by atoms with Crippen molar-refractivity contribution < 1.29 is 23.9 Å². The average Bonchev–Trinajstić information content (AvgIpc) is 2.96. The lowest BCUT2D eigenvalue weighted by Gasteiger charge is -2.24. The molecule has 24 heavy (non-hydrogen) atoms. The molecule has 0 radical (unpaired) electrons. The molecule has 1 aliphatic carbocycles. The van der Waals surface area contributed by atoms with Crippen molar-refractivity contribution in [2.75, 3.05) is 0 Å². The smallest absolute Gasteiger partial charge is 0.302 e. The lowest BCUT2D eigenvalue weighted by molar-refractivity contribution is -0.149. The quantitative estimate of drug-likeness (QED) is 0.648. The third-order valence-electron chi connectivity index (χ3n) is 4.26. The molecule has 1 saturated heterocycles. The normalized spacial score (nSPS) is 28.4. The Morgan fingerprint density at radius 2 is 2.04 bits per heavy atom. The van der Waals surface area contributed by atoms with Crippen molar-refractivity contribution in [1.82, 2.24) is 5.32 Å². The van der Waals surface area contributed by atoms with E-state index in [9.17, 15) is 19.2 Å². The Balaban J connectivity index is 1.91. The second-order valence-electron chi connectivity index (χ2n) is 5.74. The monoisotopic (exact) mass is 367 g/mol. The molecule has 2 aliphatic rings. The van der Waals surface area contributed by atoms with Gasteiger partial charge in [0.25, 0.3) is 0 Å². The molecule has 1 aromatic rings. The number of carbonyl (C=O) groups is 4. The zero-order chi connectivity index (χ0) is 17.5. The van der Waals surface area contributed by atoms with Crippen LogP contribution in [-0.2, 0) is 19.1 Å². The molecule has 1 aromatic carbocycles. The number of ether oxygens (including phenoxy) is 1. The Hall–Kier alpha value is -1.86. The fourth-order valence-corrected chi connectivity index (χ4v) is 4.90. The highest BCUT2D eigenvalue weighted by Crippen LogP contribution is 2.51. The van der Waals surface area contributed by atoms with Gasteiger partial charge in [0.2, 0.25) is 16.9 Å². The summed E-state index contributed by atoms with van der Waals surface area (Å²) in [5.41, 5.74) is 0.278. The number of rotatable bonds is 3. The van der Waals surface area contributed by atoms with Crippen LogP contribution in [0.2, 0.25) is 5.02 Å². The molecule has 8 heteroatoms. The van der Waals surface area contributed by atoms with Crippen molar-refractivity contribution >= 4 is 46.3 Å². The van der Waals surface area contributed by atoms with Crippen LogP contribution in [0.15, 0.2) is 24.3 Å². The number of carbonyl (C=O) groups excluding carboxylic acids is 4. The lowest BCUT2D eigenvalue weighted by atomic mass is 9.96. The molecule has 1 saturated carbocycles. The van der Waals surface area contributed by atoms with Gasteiger partial charge in [0.1, 0.15) is 10.9 Å². The minimum Gasteiger partial charge on any atom is -0.462 e. The van der Waals surface area contributed by atoms with E-state index >= 15 is 0 Å². The second kappa shape index (κ2) is 6.22. The maximum absolute atomic E-state index is 12.6. The van der Waals surface area contributed by atoms with E-state index in [1.54, 1.807) is 24.3 Å². The molecule has 1 heterocycles. The number of benzene rings is 1. The maximum atomic E-state index is 12.6. The molecule has 3 unspecified atom stereocenters. The van der Waals surface area contributed by atoms with Gasteiger partial charge < -0.3 is 4.74 Å². The summed E-state index contributed by atoms with van der Waals surface area (Å²) in [5, 5.41) is 2.15. The molecular weight excluding hydrogens is 354 g/mol. The number of amides is 2. The largest absolute Gasteiger partial charge is 0.462 e. The Kier molecular flexibility index (Phi) is 4.40. The first-order valence-corrected chi connectivity index (χ1v) is 8.55. The van der Waals surface area contributed by atoms with Gasteiger partial charge >= 0.3 is 5.97 Å². The van der Waals surface area contributed by atoms with Gasteiger partial charge in [-0.25, -0.2) is 0 Å². The standard InChI is InChI=1S/C16H14ClNO5S/c1-8(19)23-11-6-7-16(12(11)13(20)18-15(16)22)24-14(21)9-4-2-3-5-10(9)17/h2-5,11-12H,6-7H2,1H3,(H,18,20,22). The highest BCUT2D eigenvalue weighted by molar-refractivity contribution is 8.16. The number of halogens is 1. The van der Waals surface area contributed by atoms with E-state index in [0.29, 0.717) is 6.42 Å². The van der Waals surface area contributed by atoms with E-state index in [2.05, 4.69) is 5.32 Å². The summed E-state index contributed by atoms with van der Waals surface area (Å²) < 4.78 is 3.92. The van der Waals surface area contributed by atoms with Crippen LogP contribution in [0.1, 0.15) is 30.1 Å². The van der Waals surface area contributed by atoms with Crippen molar-refractivity contribution in [1.29, 1.82) is 0 Å². The Morgan fingerprint density at radius 3 is 2.71 bits per heavy atom. The molecule has 6 nitrogen and oxygen atoms in total. The molecule has 126 valence electrons. The summed E-state index contributed by atoms with van der Waals surface area (Å²) in [6.07, 6.45) is -0.0826.